The Bertz CT molecular complexity index is 710. The number of hydrogen-bond donors (Lipinski definition) is 4. The number of amides is 2. The summed E-state index contributed by atoms with van der Waals surface area (Å²) in [6.45, 7) is 6.10. The van der Waals surface area contributed by atoms with E-state index < -0.39 is 23.6 Å². The summed E-state index contributed by atoms with van der Waals surface area (Å²) in [5.74, 6) is -1.53. The highest BCUT2D eigenvalue weighted by molar-refractivity contribution is 5.98. The van der Waals surface area contributed by atoms with Gasteiger partial charge in [-0.1, -0.05) is 0 Å². The van der Waals surface area contributed by atoms with Gasteiger partial charge in [-0.15, -0.1) is 0 Å². The number of aromatic carboxylic acids is 1. The first-order chi connectivity index (χ1) is 12.6. The standard InChI is InChI=1S/C18H25N3O6/c1-18(2,3)27-17(25)20-10-15(22)21-13-5-4-11(16(23)24)8-14(13)19-9-12-6-7-26-12/h4-5,8,12,19H,6-7,9-10H2,1-3H3,(H,20,25)(H,21,22)(H,23,24). The fourth-order valence-corrected chi connectivity index (χ4v) is 2.26. The molecule has 4 N–H and O–H groups in total. The SMILES string of the molecule is CC(C)(C)OC(=O)NCC(=O)Nc1ccc(C(=O)O)cc1NCC1CCO1. The molecule has 0 radical (unpaired) electrons. The van der Waals surface area contributed by atoms with Crippen molar-refractivity contribution < 1.29 is 29.0 Å². The molecule has 0 aromatic heterocycles. The topological polar surface area (TPSA) is 126 Å². The molecule has 9 heteroatoms. The second kappa shape index (κ2) is 8.72. The Labute approximate surface area is 157 Å². The summed E-state index contributed by atoms with van der Waals surface area (Å²) < 4.78 is 10.4. The lowest BCUT2D eigenvalue weighted by atomic mass is 10.1. The largest absolute Gasteiger partial charge is 0.478 e. The lowest BCUT2D eigenvalue weighted by Gasteiger charge is -2.27. The van der Waals surface area contributed by atoms with Crippen molar-refractivity contribution in [2.24, 2.45) is 0 Å². The highest BCUT2D eigenvalue weighted by Crippen LogP contribution is 2.24. The minimum atomic E-state index is -1.07. The van der Waals surface area contributed by atoms with E-state index in [9.17, 15) is 14.4 Å². The maximum Gasteiger partial charge on any atom is 0.408 e. The molecule has 0 spiro atoms. The smallest absolute Gasteiger partial charge is 0.408 e. The van der Waals surface area contributed by atoms with Crippen LogP contribution in [0.15, 0.2) is 18.2 Å². The van der Waals surface area contributed by atoms with Gasteiger partial charge in [-0.25, -0.2) is 9.59 Å². The van der Waals surface area contributed by atoms with E-state index in [-0.39, 0.29) is 18.2 Å². The third-order valence-electron chi connectivity index (χ3n) is 3.65. The molecule has 0 bridgehead atoms. The molecule has 1 unspecified atom stereocenters. The molecule has 1 fully saturated rings. The Morgan fingerprint density at radius 3 is 2.52 bits per heavy atom. The zero-order valence-electron chi connectivity index (χ0n) is 15.6. The molecule has 1 atom stereocenters. The molecule has 148 valence electrons. The van der Waals surface area contributed by atoms with Gasteiger partial charge in [-0.2, -0.15) is 0 Å². The Hall–Kier alpha value is -2.81. The maximum atomic E-state index is 12.1. The number of anilines is 2. The van der Waals surface area contributed by atoms with E-state index in [0.29, 0.717) is 24.5 Å². The van der Waals surface area contributed by atoms with Gasteiger partial charge < -0.3 is 30.5 Å². The first-order valence-corrected chi connectivity index (χ1v) is 8.63. The summed E-state index contributed by atoms with van der Waals surface area (Å²) in [6, 6.07) is 4.33. The van der Waals surface area contributed by atoms with Crippen LogP contribution in [0.5, 0.6) is 0 Å². The minimum absolute atomic E-state index is 0.0656. The molecule has 9 nitrogen and oxygen atoms in total. The number of carbonyl (C=O) groups excluding carboxylic acids is 2. The number of hydrogen-bond acceptors (Lipinski definition) is 6. The van der Waals surface area contributed by atoms with Crippen LogP contribution in [-0.4, -0.2) is 54.5 Å². The zero-order valence-corrected chi connectivity index (χ0v) is 15.6. The monoisotopic (exact) mass is 379 g/mol. The van der Waals surface area contributed by atoms with Gasteiger partial charge in [-0.3, -0.25) is 4.79 Å². The van der Waals surface area contributed by atoms with Crippen LogP contribution in [-0.2, 0) is 14.3 Å². The molecule has 1 aliphatic heterocycles. The van der Waals surface area contributed by atoms with E-state index in [1.165, 1.54) is 18.2 Å². The van der Waals surface area contributed by atoms with Crippen molar-refractivity contribution in [3.63, 3.8) is 0 Å². The molecular formula is C18H25N3O6. The van der Waals surface area contributed by atoms with Crippen LogP contribution in [0.1, 0.15) is 37.6 Å². The van der Waals surface area contributed by atoms with Gasteiger partial charge in [0, 0.05) is 13.2 Å². The number of carboxylic acid groups (broad SMARTS) is 1. The predicted octanol–water partition coefficient (Wildman–Crippen LogP) is 2.05. The Morgan fingerprint density at radius 2 is 1.96 bits per heavy atom. The number of alkyl carbamates (subject to hydrolysis) is 1. The van der Waals surface area contributed by atoms with Crippen LogP contribution in [0.2, 0.25) is 0 Å². The first-order valence-electron chi connectivity index (χ1n) is 8.63. The quantitative estimate of drug-likeness (QED) is 0.571. The fraction of sp³-hybridized carbons (Fsp3) is 0.500. The van der Waals surface area contributed by atoms with E-state index in [4.69, 9.17) is 14.6 Å². The van der Waals surface area contributed by atoms with Gasteiger partial charge in [0.2, 0.25) is 5.91 Å². The van der Waals surface area contributed by atoms with Crippen molar-refractivity contribution >= 4 is 29.3 Å². The molecule has 27 heavy (non-hydrogen) atoms. The molecule has 1 saturated heterocycles. The van der Waals surface area contributed by atoms with Crippen molar-refractivity contribution in [2.45, 2.75) is 38.9 Å². The van der Waals surface area contributed by atoms with Crippen molar-refractivity contribution in [3.8, 4) is 0 Å². The highest BCUT2D eigenvalue weighted by atomic mass is 16.6. The number of benzene rings is 1. The lowest BCUT2D eigenvalue weighted by molar-refractivity contribution is -0.115. The zero-order chi connectivity index (χ0) is 20.0. The molecule has 1 aliphatic rings. The molecule has 0 aliphatic carbocycles. The van der Waals surface area contributed by atoms with E-state index in [1.54, 1.807) is 20.8 Å². The maximum absolute atomic E-state index is 12.1. The van der Waals surface area contributed by atoms with Crippen LogP contribution in [0.25, 0.3) is 0 Å². The number of rotatable bonds is 7. The minimum Gasteiger partial charge on any atom is -0.478 e. The molecule has 2 amide bonds. The summed E-state index contributed by atoms with van der Waals surface area (Å²) in [4.78, 5) is 34.9. The molecule has 2 rings (SSSR count). The molecule has 1 aromatic carbocycles. The summed E-state index contributed by atoms with van der Waals surface area (Å²) in [6.07, 6.45) is 0.294. The van der Waals surface area contributed by atoms with Crippen molar-refractivity contribution in [2.75, 3.05) is 30.3 Å². The Morgan fingerprint density at radius 1 is 1.26 bits per heavy atom. The van der Waals surface area contributed by atoms with Crippen LogP contribution in [0.3, 0.4) is 0 Å². The average Bonchev–Trinajstić information content (AvgIpc) is 2.51. The van der Waals surface area contributed by atoms with Crippen LogP contribution in [0, 0.1) is 0 Å². The van der Waals surface area contributed by atoms with Gasteiger partial charge >= 0.3 is 12.1 Å². The number of nitrogens with one attached hydrogen (secondary N) is 3. The average molecular weight is 379 g/mol. The van der Waals surface area contributed by atoms with Gasteiger partial charge in [0.25, 0.3) is 0 Å². The number of carboxylic acids is 1. The van der Waals surface area contributed by atoms with E-state index in [2.05, 4.69) is 16.0 Å². The summed E-state index contributed by atoms with van der Waals surface area (Å²) in [5, 5.41) is 17.3. The first kappa shape index (κ1) is 20.5. The number of carbonyl (C=O) groups is 3. The predicted molar refractivity (Wildman–Crippen MR) is 99.1 cm³/mol. The second-order valence-corrected chi connectivity index (χ2v) is 7.13. The third kappa shape index (κ3) is 6.78. The van der Waals surface area contributed by atoms with E-state index in [0.717, 1.165) is 6.42 Å². The molecule has 1 heterocycles. The summed E-state index contributed by atoms with van der Waals surface area (Å²) in [5.41, 5.74) is 0.316. The van der Waals surface area contributed by atoms with Crippen LogP contribution >= 0.6 is 0 Å². The van der Waals surface area contributed by atoms with Gasteiger partial charge in [0.15, 0.2) is 0 Å². The summed E-state index contributed by atoms with van der Waals surface area (Å²) >= 11 is 0. The normalized spacial score (nSPS) is 16.0. The Kier molecular flexibility index (Phi) is 6.62. The highest BCUT2D eigenvalue weighted by Gasteiger charge is 2.20. The van der Waals surface area contributed by atoms with Gasteiger partial charge in [0.1, 0.15) is 12.1 Å². The molecular weight excluding hydrogens is 354 g/mol. The Balaban J connectivity index is 1.97. The van der Waals surface area contributed by atoms with Crippen molar-refractivity contribution in [1.29, 1.82) is 0 Å². The van der Waals surface area contributed by atoms with Crippen LogP contribution < -0.4 is 16.0 Å². The lowest BCUT2D eigenvalue weighted by Crippen LogP contribution is -2.37. The molecule has 0 saturated carbocycles. The van der Waals surface area contributed by atoms with Crippen molar-refractivity contribution in [3.05, 3.63) is 23.8 Å². The number of ether oxygens (including phenoxy) is 2. The third-order valence-corrected chi connectivity index (χ3v) is 3.65. The van der Waals surface area contributed by atoms with Gasteiger partial charge in [0.05, 0.1) is 23.0 Å². The fourth-order valence-electron chi connectivity index (χ4n) is 2.26. The van der Waals surface area contributed by atoms with E-state index >= 15 is 0 Å². The van der Waals surface area contributed by atoms with E-state index in [1.807, 2.05) is 0 Å². The van der Waals surface area contributed by atoms with Gasteiger partial charge in [-0.05, 0) is 45.4 Å². The summed E-state index contributed by atoms with van der Waals surface area (Å²) in [7, 11) is 0. The van der Waals surface area contributed by atoms with Crippen molar-refractivity contribution in [1.82, 2.24) is 5.32 Å². The molecule has 1 aromatic rings. The van der Waals surface area contributed by atoms with Crippen LogP contribution in [0.4, 0.5) is 16.2 Å². The second-order valence-electron chi connectivity index (χ2n) is 7.13.